The molecule has 0 radical (unpaired) electrons. The van der Waals surface area contributed by atoms with Crippen molar-refractivity contribution in [2.75, 3.05) is 0 Å². The number of hydrogen-bond donors (Lipinski definition) is 0. The summed E-state index contributed by atoms with van der Waals surface area (Å²) in [5, 5.41) is 2.67. The maximum Gasteiger partial charge on any atom is 0.0937 e. The first-order valence-corrected chi connectivity index (χ1v) is 12.7. The smallest absolute Gasteiger partial charge is 0.0937 e. The van der Waals surface area contributed by atoms with Gasteiger partial charge in [-0.15, -0.1) is 22.7 Å². The number of halogens is 2. The highest BCUT2D eigenvalue weighted by molar-refractivity contribution is 7.16. The Morgan fingerprint density at radius 1 is 0.800 bits per heavy atom. The maximum absolute atomic E-state index is 6.49. The van der Waals surface area contributed by atoms with Crippen molar-refractivity contribution >= 4 is 67.8 Å². The van der Waals surface area contributed by atoms with Crippen LogP contribution in [0.15, 0.2) is 42.5 Å². The molecule has 0 spiro atoms. The van der Waals surface area contributed by atoms with Crippen LogP contribution in [-0.2, 0) is 6.42 Å². The SMILES string of the molecule is CCCCc1ccc2cccc3c2c1C(c1cc(Cl)sc1C)=C3c1cc(Cl)sc1C. The zero-order valence-electron chi connectivity index (χ0n) is 17.2. The minimum Gasteiger partial charge on any atom is -0.128 e. The highest BCUT2D eigenvalue weighted by Gasteiger charge is 2.31. The Morgan fingerprint density at radius 3 is 2.07 bits per heavy atom. The van der Waals surface area contributed by atoms with Crippen LogP contribution in [0, 0.1) is 13.8 Å². The lowest BCUT2D eigenvalue weighted by atomic mass is 9.89. The van der Waals surface area contributed by atoms with Crippen molar-refractivity contribution in [1.29, 1.82) is 0 Å². The molecular weight excluding hydrogens is 447 g/mol. The summed E-state index contributed by atoms with van der Waals surface area (Å²) in [5.41, 5.74) is 9.27. The zero-order chi connectivity index (χ0) is 21.0. The van der Waals surface area contributed by atoms with Crippen molar-refractivity contribution in [2.24, 2.45) is 0 Å². The lowest BCUT2D eigenvalue weighted by Gasteiger charge is -2.14. The first-order chi connectivity index (χ1) is 14.5. The van der Waals surface area contributed by atoms with Crippen LogP contribution in [0.3, 0.4) is 0 Å². The van der Waals surface area contributed by atoms with Gasteiger partial charge in [0.1, 0.15) is 0 Å². The van der Waals surface area contributed by atoms with E-state index in [2.05, 4.69) is 63.2 Å². The predicted octanol–water partition coefficient (Wildman–Crippen LogP) is 9.55. The minimum absolute atomic E-state index is 0.837. The molecule has 0 bridgehead atoms. The van der Waals surface area contributed by atoms with Crippen molar-refractivity contribution in [3.05, 3.63) is 88.7 Å². The fourth-order valence-electron chi connectivity index (χ4n) is 4.69. The van der Waals surface area contributed by atoms with Crippen molar-refractivity contribution in [3.8, 4) is 0 Å². The number of aryl methyl sites for hydroxylation is 3. The Labute approximate surface area is 195 Å². The molecule has 0 saturated heterocycles. The van der Waals surface area contributed by atoms with E-state index in [-0.39, 0.29) is 0 Å². The summed E-state index contributed by atoms with van der Waals surface area (Å²) >= 11 is 16.3. The second-order valence-corrected chi connectivity index (χ2v) is 11.7. The topological polar surface area (TPSA) is 0 Å². The standard InChI is InChI=1S/C26H22Cl2S2/c1-4-5-7-17-11-10-16-8-6-9-18-23(16)24(17)26(20-13-22(28)30-15(20)3)25(18)19-12-21(27)29-14(19)2/h6,8-13H,4-5,7H2,1-3H3. The summed E-state index contributed by atoms with van der Waals surface area (Å²) in [6.07, 6.45) is 3.47. The number of rotatable bonds is 5. The third kappa shape index (κ3) is 3.17. The second kappa shape index (κ2) is 7.84. The van der Waals surface area contributed by atoms with Crippen LogP contribution in [0.4, 0.5) is 0 Å². The van der Waals surface area contributed by atoms with Crippen molar-refractivity contribution < 1.29 is 0 Å². The third-order valence-corrected chi connectivity index (χ3v) is 8.37. The van der Waals surface area contributed by atoms with Crippen LogP contribution < -0.4 is 0 Å². The molecule has 2 aromatic heterocycles. The summed E-state index contributed by atoms with van der Waals surface area (Å²) in [6.45, 7) is 6.61. The second-order valence-electron chi connectivity index (χ2n) is 7.90. The highest BCUT2D eigenvalue weighted by atomic mass is 35.5. The number of benzene rings is 2. The van der Waals surface area contributed by atoms with Crippen LogP contribution >= 0.6 is 45.9 Å². The van der Waals surface area contributed by atoms with Gasteiger partial charge in [-0.2, -0.15) is 0 Å². The van der Waals surface area contributed by atoms with Gasteiger partial charge >= 0.3 is 0 Å². The zero-order valence-corrected chi connectivity index (χ0v) is 20.4. The van der Waals surface area contributed by atoms with Gasteiger partial charge in [-0.05, 0) is 88.6 Å². The molecule has 0 fully saturated rings. The molecule has 0 saturated carbocycles. The quantitative estimate of drug-likeness (QED) is 0.240. The molecule has 2 heterocycles. The Morgan fingerprint density at radius 2 is 1.47 bits per heavy atom. The average Bonchev–Trinajstić information content (AvgIpc) is 3.34. The van der Waals surface area contributed by atoms with Gasteiger partial charge < -0.3 is 0 Å². The van der Waals surface area contributed by atoms with Gasteiger partial charge in [0.15, 0.2) is 0 Å². The Balaban J connectivity index is 1.92. The van der Waals surface area contributed by atoms with Crippen LogP contribution in [0.5, 0.6) is 0 Å². The summed E-state index contributed by atoms with van der Waals surface area (Å²) < 4.78 is 1.68. The molecule has 0 aliphatic heterocycles. The molecule has 0 atom stereocenters. The van der Waals surface area contributed by atoms with Gasteiger partial charge in [-0.25, -0.2) is 0 Å². The molecule has 4 heteroatoms. The normalized spacial score (nSPS) is 13.1. The minimum atomic E-state index is 0.837. The van der Waals surface area contributed by atoms with E-state index < -0.39 is 0 Å². The van der Waals surface area contributed by atoms with Crippen molar-refractivity contribution in [1.82, 2.24) is 0 Å². The summed E-state index contributed by atoms with van der Waals surface area (Å²) in [6, 6.07) is 15.6. The summed E-state index contributed by atoms with van der Waals surface area (Å²) in [5.74, 6) is 0. The van der Waals surface area contributed by atoms with E-state index in [4.69, 9.17) is 23.2 Å². The van der Waals surface area contributed by atoms with E-state index in [9.17, 15) is 0 Å². The number of hydrogen-bond acceptors (Lipinski definition) is 2. The third-order valence-electron chi connectivity index (χ3n) is 6.01. The van der Waals surface area contributed by atoms with Crippen molar-refractivity contribution in [2.45, 2.75) is 40.0 Å². The van der Waals surface area contributed by atoms with E-state index in [1.165, 1.54) is 72.3 Å². The van der Waals surface area contributed by atoms with E-state index in [1.54, 1.807) is 22.7 Å². The lowest BCUT2D eigenvalue weighted by Crippen LogP contribution is -1.96. The summed E-state index contributed by atoms with van der Waals surface area (Å²) in [7, 11) is 0. The van der Waals surface area contributed by atoms with Crippen molar-refractivity contribution in [3.63, 3.8) is 0 Å². The van der Waals surface area contributed by atoms with Gasteiger partial charge in [0.25, 0.3) is 0 Å². The first-order valence-electron chi connectivity index (χ1n) is 10.3. The average molecular weight is 470 g/mol. The molecule has 152 valence electrons. The number of unbranched alkanes of at least 4 members (excludes halogenated alkanes) is 1. The monoisotopic (exact) mass is 468 g/mol. The highest BCUT2D eigenvalue weighted by Crippen LogP contribution is 2.52. The van der Waals surface area contributed by atoms with Crippen LogP contribution in [0.25, 0.3) is 21.9 Å². The number of thiophene rings is 2. The molecular formula is C26H22Cl2S2. The van der Waals surface area contributed by atoms with Gasteiger partial charge in [0.05, 0.1) is 8.67 Å². The van der Waals surface area contributed by atoms with Gasteiger partial charge in [-0.3, -0.25) is 0 Å². The molecule has 0 amide bonds. The van der Waals surface area contributed by atoms with E-state index in [0.717, 1.165) is 15.1 Å². The Bertz CT molecular complexity index is 1320. The van der Waals surface area contributed by atoms with Crippen LogP contribution in [-0.4, -0.2) is 0 Å². The molecule has 0 N–H and O–H groups in total. The molecule has 4 aromatic rings. The fraction of sp³-hybridized carbons (Fsp3) is 0.231. The fourth-order valence-corrected chi connectivity index (χ4v) is 7.08. The van der Waals surface area contributed by atoms with Gasteiger partial charge in [-0.1, -0.05) is 66.9 Å². The lowest BCUT2D eigenvalue weighted by molar-refractivity contribution is 0.795. The van der Waals surface area contributed by atoms with E-state index in [0.29, 0.717) is 0 Å². The Hall–Kier alpha value is -1.58. The molecule has 30 heavy (non-hydrogen) atoms. The largest absolute Gasteiger partial charge is 0.128 e. The summed E-state index contributed by atoms with van der Waals surface area (Å²) in [4.78, 5) is 2.52. The van der Waals surface area contributed by atoms with Crippen LogP contribution in [0.1, 0.15) is 57.3 Å². The van der Waals surface area contributed by atoms with Crippen LogP contribution in [0.2, 0.25) is 8.67 Å². The van der Waals surface area contributed by atoms with E-state index in [1.807, 2.05) is 0 Å². The molecule has 5 rings (SSSR count). The van der Waals surface area contributed by atoms with Gasteiger partial charge in [0, 0.05) is 9.75 Å². The molecule has 0 nitrogen and oxygen atoms in total. The predicted molar refractivity (Wildman–Crippen MR) is 136 cm³/mol. The Kier molecular flexibility index (Phi) is 5.31. The molecule has 2 aromatic carbocycles. The molecule has 1 aliphatic carbocycles. The van der Waals surface area contributed by atoms with E-state index >= 15 is 0 Å². The molecule has 0 unspecified atom stereocenters. The maximum atomic E-state index is 6.49. The first kappa shape index (κ1) is 20.3. The van der Waals surface area contributed by atoms with Gasteiger partial charge in [0.2, 0.25) is 0 Å². The molecule has 1 aliphatic rings.